The summed E-state index contributed by atoms with van der Waals surface area (Å²) in [6, 6.07) is 8.48. The van der Waals surface area contributed by atoms with Gasteiger partial charge >= 0.3 is 0 Å². The molecule has 0 spiro atoms. The SMILES string of the molecule is Cc1ccc(CSCC(=O)N2CCC(C(=O)N3CCCC3)CC2)cc1. The molecule has 1 aromatic carbocycles. The summed E-state index contributed by atoms with van der Waals surface area (Å²) >= 11 is 1.68. The van der Waals surface area contributed by atoms with E-state index in [0.29, 0.717) is 11.7 Å². The summed E-state index contributed by atoms with van der Waals surface area (Å²) in [5.41, 5.74) is 2.52. The van der Waals surface area contributed by atoms with Crippen LogP contribution in [0.1, 0.15) is 36.8 Å². The van der Waals surface area contributed by atoms with Gasteiger partial charge in [0, 0.05) is 37.8 Å². The third kappa shape index (κ3) is 5.00. The Labute approximate surface area is 154 Å². The first-order valence-corrected chi connectivity index (χ1v) is 10.5. The maximum absolute atomic E-state index is 12.4. The number of likely N-dealkylation sites (tertiary alicyclic amines) is 2. The van der Waals surface area contributed by atoms with Crippen LogP contribution in [0, 0.1) is 12.8 Å². The minimum absolute atomic E-state index is 0.127. The Morgan fingerprint density at radius 2 is 1.64 bits per heavy atom. The average molecular weight is 361 g/mol. The number of aryl methyl sites for hydroxylation is 1. The van der Waals surface area contributed by atoms with E-state index in [1.807, 2.05) is 9.80 Å². The molecule has 0 aromatic heterocycles. The highest BCUT2D eigenvalue weighted by Gasteiger charge is 2.30. The first-order chi connectivity index (χ1) is 12.1. The number of amides is 2. The fourth-order valence-corrected chi connectivity index (χ4v) is 4.49. The topological polar surface area (TPSA) is 40.6 Å². The standard InChI is InChI=1S/C20H28N2O2S/c1-16-4-6-17(7-5-16)14-25-15-19(23)21-12-8-18(9-13-21)20(24)22-10-2-3-11-22/h4-7,18H,2-3,8-15H2,1H3. The third-order valence-electron chi connectivity index (χ3n) is 5.23. The van der Waals surface area contributed by atoms with Crippen molar-refractivity contribution in [2.45, 2.75) is 38.4 Å². The first-order valence-electron chi connectivity index (χ1n) is 9.33. The summed E-state index contributed by atoms with van der Waals surface area (Å²) in [5.74, 6) is 2.05. The molecule has 2 aliphatic heterocycles. The number of carbonyl (C=O) groups is 2. The lowest BCUT2D eigenvalue weighted by atomic mass is 9.95. The zero-order chi connectivity index (χ0) is 17.6. The van der Waals surface area contributed by atoms with Crippen LogP contribution in [-0.4, -0.2) is 53.5 Å². The number of piperidine rings is 1. The summed E-state index contributed by atoms with van der Waals surface area (Å²) in [6.45, 7) is 5.39. The van der Waals surface area contributed by atoms with Gasteiger partial charge in [-0.3, -0.25) is 9.59 Å². The van der Waals surface area contributed by atoms with Crippen LogP contribution < -0.4 is 0 Å². The summed E-state index contributed by atoms with van der Waals surface area (Å²) in [4.78, 5) is 28.8. The normalized spacial score (nSPS) is 18.6. The minimum Gasteiger partial charge on any atom is -0.342 e. The molecular weight excluding hydrogens is 332 g/mol. The lowest BCUT2D eigenvalue weighted by Crippen LogP contribution is -2.44. The molecule has 0 atom stereocenters. The highest BCUT2D eigenvalue weighted by atomic mass is 32.2. The van der Waals surface area contributed by atoms with E-state index in [9.17, 15) is 9.59 Å². The number of rotatable bonds is 5. The Hall–Kier alpha value is -1.49. The number of carbonyl (C=O) groups excluding carboxylic acids is 2. The zero-order valence-corrected chi connectivity index (χ0v) is 15.9. The molecule has 2 heterocycles. The van der Waals surface area contributed by atoms with Crippen molar-refractivity contribution in [1.29, 1.82) is 0 Å². The summed E-state index contributed by atoms with van der Waals surface area (Å²) in [5, 5.41) is 0. The van der Waals surface area contributed by atoms with Crippen LogP contribution in [0.5, 0.6) is 0 Å². The Bertz CT molecular complexity index is 588. The largest absolute Gasteiger partial charge is 0.342 e. The van der Waals surface area contributed by atoms with Crippen molar-refractivity contribution in [2.75, 3.05) is 31.9 Å². The van der Waals surface area contributed by atoms with Crippen LogP contribution in [0.3, 0.4) is 0 Å². The maximum Gasteiger partial charge on any atom is 0.232 e. The smallest absolute Gasteiger partial charge is 0.232 e. The third-order valence-corrected chi connectivity index (χ3v) is 6.22. The van der Waals surface area contributed by atoms with Gasteiger partial charge in [-0.1, -0.05) is 29.8 Å². The number of benzene rings is 1. The van der Waals surface area contributed by atoms with E-state index in [4.69, 9.17) is 0 Å². The van der Waals surface area contributed by atoms with Crippen molar-refractivity contribution in [3.63, 3.8) is 0 Å². The molecule has 25 heavy (non-hydrogen) atoms. The molecule has 0 N–H and O–H groups in total. The predicted octanol–water partition coefficient (Wildman–Crippen LogP) is 3.09. The van der Waals surface area contributed by atoms with Gasteiger partial charge in [0.15, 0.2) is 0 Å². The Morgan fingerprint density at radius 3 is 2.28 bits per heavy atom. The summed E-state index contributed by atoms with van der Waals surface area (Å²) in [7, 11) is 0. The molecule has 0 radical (unpaired) electrons. The summed E-state index contributed by atoms with van der Waals surface area (Å²) < 4.78 is 0. The fraction of sp³-hybridized carbons (Fsp3) is 0.600. The highest BCUT2D eigenvalue weighted by molar-refractivity contribution is 7.99. The highest BCUT2D eigenvalue weighted by Crippen LogP contribution is 2.23. The lowest BCUT2D eigenvalue weighted by molar-refractivity contribution is -0.139. The van der Waals surface area contributed by atoms with Crippen molar-refractivity contribution in [3.8, 4) is 0 Å². The van der Waals surface area contributed by atoms with Gasteiger partial charge in [-0.2, -0.15) is 0 Å². The van der Waals surface area contributed by atoms with Crippen molar-refractivity contribution in [1.82, 2.24) is 9.80 Å². The second-order valence-electron chi connectivity index (χ2n) is 7.17. The first kappa shape index (κ1) is 18.3. The van der Waals surface area contributed by atoms with Gasteiger partial charge in [-0.25, -0.2) is 0 Å². The van der Waals surface area contributed by atoms with E-state index in [1.165, 1.54) is 11.1 Å². The minimum atomic E-state index is 0.127. The fourth-order valence-electron chi connectivity index (χ4n) is 3.60. The number of hydrogen-bond acceptors (Lipinski definition) is 3. The second kappa shape index (κ2) is 8.75. The molecule has 3 rings (SSSR count). The molecule has 0 saturated carbocycles. The molecule has 2 saturated heterocycles. The number of nitrogens with zero attached hydrogens (tertiary/aromatic N) is 2. The molecule has 136 valence electrons. The Morgan fingerprint density at radius 1 is 1.00 bits per heavy atom. The quantitative estimate of drug-likeness (QED) is 0.810. The number of thioether (sulfide) groups is 1. The molecule has 2 fully saturated rings. The molecule has 1 aromatic rings. The van der Waals surface area contributed by atoms with Crippen molar-refractivity contribution in [3.05, 3.63) is 35.4 Å². The molecule has 4 nitrogen and oxygen atoms in total. The Balaban J connectivity index is 1.37. The van der Waals surface area contributed by atoms with Crippen LogP contribution in [-0.2, 0) is 15.3 Å². The molecular formula is C20H28N2O2S. The van der Waals surface area contributed by atoms with Gasteiger partial charge in [0.25, 0.3) is 0 Å². The van der Waals surface area contributed by atoms with Gasteiger partial charge < -0.3 is 9.80 Å². The molecule has 2 aliphatic rings. The van der Waals surface area contributed by atoms with Crippen molar-refractivity contribution < 1.29 is 9.59 Å². The lowest BCUT2D eigenvalue weighted by Gasteiger charge is -2.33. The van der Waals surface area contributed by atoms with Gasteiger partial charge in [0.2, 0.25) is 11.8 Å². The van der Waals surface area contributed by atoms with Gasteiger partial charge in [-0.05, 0) is 38.2 Å². The van der Waals surface area contributed by atoms with Crippen LogP contribution in [0.15, 0.2) is 24.3 Å². The van der Waals surface area contributed by atoms with Crippen LogP contribution in [0.25, 0.3) is 0 Å². The van der Waals surface area contributed by atoms with E-state index in [-0.39, 0.29) is 11.8 Å². The average Bonchev–Trinajstić information content (AvgIpc) is 3.17. The van der Waals surface area contributed by atoms with Crippen LogP contribution >= 0.6 is 11.8 Å². The van der Waals surface area contributed by atoms with Gasteiger partial charge in [0.05, 0.1) is 5.75 Å². The van der Waals surface area contributed by atoms with E-state index in [2.05, 4.69) is 31.2 Å². The van der Waals surface area contributed by atoms with E-state index < -0.39 is 0 Å². The van der Waals surface area contributed by atoms with Crippen LogP contribution in [0.4, 0.5) is 0 Å². The van der Waals surface area contributed by atoms with Gasteiger partial charge in [0.1, 0.15) is 0 Å². The van der Waals surface area contributed by atoms with Crippen molar-refractivity contribution >= 4 is 23.6 Å². The second-order valence-corrected chi connectivity index (χ2v) is 8.15. The predicted molar refractivity (Wildman–Crippen MR) is 102 cm³/mol. The maximum atomic E-state index is 12.4. The molecule has 0 unspecified atom stereocenters. The molecule has 2 amide bonds. The van der Waals surface area contributed by atoms with Gasteiger partial charge in [-0.15, -0.1) is 11.8 Å². The van der Waals surface area contributed by atoms with E-state index >= 15 is 0 Å². The molecule has 5 heteroatoms. The zero-order valence-electron chi connectivity index (χ0n) is 15.1. The molecule has 0 bridgehead atoms. The monoisotopic (exact) mass is 360 g/mol. The van der Waals surface area contributed by atoms with E-state index in [0.717, 1.165) is 57.6 Å². The number of hydrogen-bond donors (Lipinski definition) is 0. The summed E-state index contributed by atoms with van der Waals surface area (Å²) in [6.07, 6.45) is 3.93. The van der Waals surface area contributed by atoms with E-state index in [1.54, 1.807) is 11.8 Å². The molecule has 0 aliphatic carbocycles. The van der Waals surface area contributed by atoms with Crippen LogP contribution in [0.2, 0.25) is 0 Å². The Kier molecular flexibility index (Phi) is 6.40. The van der Waals surface area contributed by atoms with Crippen molar-refractivity contribution in [2.24, 2.45) is 5.92 Å².